The molecule has 0 saturated heterocycles. The summed E-state index contributed by atoms with van der Waals surface area (Å²) in [6.45, 7) is 6.28. The van der Waals surface area contributed by atoms with Crippen LogP contribution < -0.4 is 4.74 Å². The highest BCUT2D eigenvalue weighted by Crippen LogP contribution is 2.26. The Hall–Kier alpha value is -1.61. The van der Waals surface area contributed by atoms with Crippen LogP contribution in [0.2, 0.25) is 5.28 Å². The molecule has 1 aromatic carbocycles. The number of hydrogen-bond donors (Lipinski definition) is 0. The molecule has 0 aliphatic heterocycles. The van der Waals surface area contributed by atoms with Crippen LogP contribution >= 0.6 is 11.6 Å². The van der Waals surface area contributed by atoms with E-state index in [0.717, 1.165) is 17.7 Å². The molecule has 1 atom stereocenters. The van der Waals surface area contributed by atoms with Crippen LogP contribution in [0.5, 0.6) is 11.6 Å². The van der Waals surface area contributed by atoms with E-state index in [0.29, 0.717) is 11.8 Å². The zero-order chi connectivity index (χ0) is 13.8. The SMILES string of the molecule is CCC(C)c1ccc(Oc2nc(Cl)ncc2C)cc1. The highest BCUT2D eigenvalue weighted by Gasteiger charge is 2.07. The van der Waals surface area contributed by atoms with Crippen LogP contribution in [0.1, 0.15) is 37.3 Å². The minimum atomic E-state index is 0.192. The van der Waals surface area contributed by atoms with Gasteiger partial charge in [0.25, 0.3) is 0 Å². The van der Waals surface area contributed by atoms with E-state index >= 15 is 0 Å². The van der Waals surface area contributed by atoms with E-state index < -0.39 is 0 Å². The molecule has 0 N–H and O–H groups in total. The standard InChI is InChI=1S/C15H17ClN2O/c1-4-10(2)12-5-7-13(8-6-12)19-14-11(3)9-17-15(16)18-14/h5-10H,4H2,1-3H3. The molecule has 1 aromatic heterocycles. The second-order valence-electron chi connectivity index (χ2n) is 4.61. The molecule has 100 valence electrons. The van der Waals surface area contributed by atoms with E-state index in [1.54, 1.807) is 6.20 Å². The highest BCUT2D eigenvalue weighted by atomic mass is 35.5. The minimum Gasteiger partial charge on any atom is -0.439 e. The fourth-order valence-electron chi connectivity index (χ4n) is 1.72. The van der Waals surface area contributed by atoms with Gasteiger partial charge in [0.1, 0.15) is 5.75 Å². The van der Waals surface area contributed by atoms with Crippen molar-refractivity contribution in [1.82, 2.24) is 9.97 Å². The van der Waals surface area contributed by atoms with Gasteiger partial charge in [-0.05, 0) is 48.6 Å². The summed E-state index contributed by atoms with van der Waals surface area (Å²) in [5, 5.41) is 0.192. The van der Waals surface area contributed by atoms with Crippen LogP contribution in [-0.4, -0.2) is 9.97 Å². The molecular weight excluding hydrogens is 260 g/mol. The monoisotopic (exact) mass is 276 g/mol. The lowest BCUT2D eigenvalue weighted by atomic mass is 9.99. The van der Waals surface area contributed by atoms with Crippen molar-refractivity contribution < 1.29 is 4.74 Å². The molecule has 0 amide bonds. The number of aromatic nitrogens is 2. The molecule has 0 saturated carbocycles. The van der Waals surface area contributed by atoms with Gasteiger partial charge in [0.05, 0.1) is 0 Å². The molecule has 0 bridgehead atoms. The van der Waals surface area contributed by atoms with Crippen molar-refractivity contribution in [2.24, 2.45) is 0 Å². The summed E-state index contributed by atoms with van der Waals surface area (Å²) in [6, 6.07) is 8.08. The first-order chi connectivity index (χ1) is 9.10. The minimum absolute atomic E-state index is 0.192. The second-order valence-corrected chi connectivity index (χ2v) is 4.95. The van der Waals surface area contributed by atoms with E-state index in [1.807, 2.05) is 19.1 Å². The van der Waals surface area contributed by atoms with Crippen molar-refractivity contribution in [2.45, 2.75) is 33.1 Å². The molecule has 3 nitrogen and oxygen atoms in total. The average molecular weight is 277 g/mol. The number of hydrogen-bond acceptors (Lipinski definition) is 3. The lowest BCUT2D eigenvalue weighted by Crippen LogP contribution is -1.95. The molecule has 1 heterocycles. The molecule has 0 radical (unpaired) electrons. The number of nitrogens with zero attached hydrogens (tertiary/aromatic N) is 2. The van der Waals surface area contributed by atoms with Gasteiger partial charge >= 0.3 is 0 Å². The molecule has 1 unspecified atom stereocenters. The van der Waals surface area contributed by atoms with Gasteiger partial charge in [-0.15, -0.1) is 0 Å². The van der Waals surface area contributed by atoms with Gasteiger partial charge in [-0.3, -0.25) is 0 Å². The summed E-state index contributed by atoms with van der Waals surface area (Å²) >= 11 is 5.77. The fraction of sp³-hybridized carbons (Fsp3) is 0.333. The Kier molecular flexibility index (Phi) is 4.38. The fourth-order valence-corrected chi connectivity index (χ4v) is 1.85. The van der Waals surface area contributed by atoms with Crippen LogP contribution in [0.15, 0.2) is 30.5 Å². The molecule has 0 aliphatic rings. The Labute approximate surface area is 118 Å². The number of ether oxygens (including phenoxy) is 1. The Balaban J connectivity index is 2.17. The lowest BCUT2D eigenvalue weighted by molar-refractivity contribution is 0.457. The van der Waals surface area contributed by atoms with E-state index in [9.17, 15) is 0 Å². The maximum Gasteiger partial charge on any atom is 0.226 e. The summed E-state index contributed by atoms with van der Waals surface area (Å²) < 4.78 is 5.72. The first-order valence-electron chi connectivity index (χ1n) is 6.37. The van der Waals surface area contributed by atoms with Gasteiger partial charge in [-0.25, -0.2) is 4.98 Å². The van der Waals surface area contributed by atoms with Crippen molar-refractivity contribution in [3.05, 3.63) is 46.9 Å². The quantitative estimate of drug-likeness (QED) is 0.756. The lowest BCUT2D eigenvalue weighted by Gasteiger charge is -2.11. The van der Waals surface area contributed by atoms with Gasteiger partial charge < -0.3 is 4.74 Å². The van der Waals surface area contributed by atoms with Crippen molar-refractivity contribution in [2.75, 3.05) is 0 Å². The smallest absolute Gasteiger partial charge is 0.226 e. The maximum absolute atomic E-state index is 5.77. The van der Waals surface area contributed by atoms with E-state index in [4.69, 9.17) is 16.3 Å². The topological polar surface area (TPSA) is 35.0 Å². The van der Waals surface area contributed by atoms with Crippen molar-refractivity contribution in [1.29, 1.82) is 0 Å². The molecular formula is C15H17ClN2O. The number of halogens is 1. The van der Waals surface area contributed by atoms with Crippen LogP contribution in [0, 0.1) is 6.92 Å². The Morgan fingerprint density at radius 3 is 2.58 bits per heavy atom. The Bertz CT molecular complexity index is 555. The van der Waals surface area contributed by atoms with Crippen molar-refractivity contribution in [3.63, 3.8) is 0 Å². The van der Waals surface area contributed by atoms with Gasteiger partial charge in [0.15, 0.2) is 0 Å². The zero-order valence-corrected chi connectivity index (χ0v) is 12.1. The first-order valence-corrected chi connectivity index (χ1v) is 6.75. The van der Waals surface area contributed by atoms with Crippen LogP contribution in [0.4, 0.5) is 0 Å². The largest absolute Gasteiger partial charge is 0.439 e. The van der Waals surface area contributed by atoms with E-state index in [1.165, 1.54) is 5.56 Å². The first kappa shape index (κ1) is 13.8. The molecule has 0 fully saturated rings. The predicted molar refractivity (Wildman–Crippen MR) is 77.0 cm³/mol. The molecule has 2 rings (SSSR count). The van der Waals surface area contributed by atoms with E-state index in [2.05, 4.69) is 35.9 Å². The normalized spacial score (nSPS) is 12.2. The van der Waals surface area contributed by atoms with Crippen LogP contribution in [-0.2, 0) is 0 Å². The molecule has 2 aromatic rings. The summed E-state index contributed by atoms with van der Waals surface area (Å²) in [6.07, 6.45) is 2.78. The third-order valence-corrected chi connectivity index (χ3v) is 3.35. The van der Waals surface area contributed by atoms with Crippen molar-refractivity contribution in [3.8, 4) is 11.6 Å². The molecule has 0 spiro atoms. The number of rotatable bonds is 4. The molecule has 0 aliphatic carbocycles. The molecule has 4 heteroatoms. The van der Waals surface area contributed by atoms with E-state index in [-0.39, 0.29) is 5.28 Å². The van der Waals surface area contributed by atoms with Gasteiger partial charge in [-0.1, -0.05) is 26.0 Å². The van der Waals surface area contributed by atoms with Gasteiger partial charge in [-0.2, -0.15) is 4.98 Å². The third kappa shape index (κ3) is 3.44. The number of benzene rings is 1. The average Bonchev–Trinajstić information content (AvgIpc) is 2.43. The highest BCUT2D eigenvalue weighted by molar-refractivity contribution is 6.28. The summed E-state index contributed by atoms with van der Waals surface area (Å²) in [7, 11) is 0. The summed E-state index contributed by atoms with van der Waals surface area (Å²) in [5.74, 6) is 1.81. The van der Waals surface area contributed by atoms with Gasteiger partial charge in [0, 0.05) is 11.8 Å². The Morgan fingerprint density at radius 1 is 1.26 bits per heavy atom. The zero-order valence-electron chi connectivity index (χ0n) is 11.4. The third-order valence-electron chi connectivity index (χ3n) is 3.17. The van der Waals surface area contributed by atoms with Crippen LogP contribution in [0.3, 0.4) is 0 Å². The Morgan fingerprint density at radius 2 is 1.95 bits per heavy atom. The summed E-state index contributed by atoms with van der Waals surface area (Å²) in [4.78, 5) is 7.98. The van der Waals surface area contributed by atoms with Crippen molar-refractivity contribution >= 4 is 11.6 Å². The molecule has 19 heavy (non-hydrogen) atoms. The summed E-state index contributed by atoms with van der Waals surface area (Å²) in [5.41, 5.74) is 2.17. The second kappa shape index (κ2) is 6.02. The number of aryl methyl sites for hydroxylation is 1. The predicted octanol–water partition coefficient (Wildman–Crippen LogP) is 4.74. The van der Waals surface area contributed by atoms with Gasteiger partial charge in [0.2, 0.25) is 11.2 Å². The maximum atomic E-state index is 5.77. The van der Waals surface area contributed by atoms with Crippen LogP contribution in [0.25, 0.3) is 0 Å².